The molecule has 0 atom stereocenters. The van der Waals surface area contributed by atoms with Crippen molar-refractivity contribution in [2.45, 2.75) is 25.3 Å². The van der Waals surface area contributed by atoms with Gasteiger partial charge in [0, 0.05) is 25.6 Å². The van der Waals surface area contributed by atoms with Crippen molar-refractivity contribution in [3.63, 3.8) is 0 Å². The van der Waals surface area contributed by atoms with Crippen molar-refractivity contribution in [2.24, 2.45) is 0 Å². The summed E-state index contributed by atoms with van der Waals surface area (Å²) in [6.07, 6.45) is 2.43. The zero-order valence-electron chi connectivity index (χ0n) is 11.1. The highest BCUT2D eigenvalue weighted by Crippen LogP contribution is 2.38. The molecular weight excluding hydrogens is 236 g/mol. The molecule has 1 fully saturated rings. The average Bonchev–Trinajstić information content (AvgIpc) is 3.30. The van der Waals surface area contributed by atoms with Crippen LogP contribution in [0.4, 0.5) is 11.6 Å². The lowest BCUT2D eigenvalue weighted by molar-refractivity contribution is 0.923. The molecule has 0 bridgehead atoms. The molecule has 0 spiro atoms. The number of hydrogen-bond acceptors (Lipinski definition) is 4. The Morgan fingerprint density at radius 2 is 1.84 bits per heavy atom. The quantitative estimate of drug-likeness (QED) is 0.861. The molecule has 1 aromatic carbocycles. The van der Waals surface area contributed by atoms with Crippen LogP contribution in [-0.2, 0) is 6.54 Å². The van der Waals surface area contributed by atoms with E-state index in [2.05, 4.69) is 32.7 Å². The van der Waals surface area contributed by atoms with E-state index in [1.54, 1.807) is 0 Å². The van der Waals surface area contributed by atoms with Crippen LogP contribution >= 0.6 is 0 Å². The summed E-state index contributed by atoms with van der Waals surface area (Å²) in [5.41, 5.74) is 1.25. The fourth-order valence-electron chi connectivity index (χ4n) is 2.00. The van der Waals surface area contributed by atoms with Crippen molar-refractivity contribution >= 4 is 11.6 Å². The number of hydrogen-bond donors (Lipinski definition) is 2. The van der Waals surface area contributed by atoms with Crippen LogP contribution in [0.15, 0.2) is 36.4 Å². The molecule has 98 valence electrons. The zero-order valence-corrected chi connectivity index (χ0v) is 11.1. The van der Waals surface area contributed by atoms with Crippen LogP contribution in [0.1, 0.15) is 30.1 Å². The molecule has 2 N–H and O–H groups in total. The first kappa shape index (κ1) is 12.0. The summed E-state index contributed by atoms with van der Waals surface area (Å²) in [4.78, 5) is 9.10. The second-order valence-electron chi connectivity index (χ2n) is 4.86. The first-order chi connectivity index (χ1) is 9.35. The SMILES string of the molecule is CNc1cc(NCc2ccccc2)nc(C2CC2)n1. The molecule has 0 aliphatic heterocycles. The molecule has 1 saturated carbocycles. The Labute approximate surface area is 113 Å². The summed E-state index contributed by atoms with van der Waals surface area (Å²) in [6.45, 7) is 0.783. The second-order valence-corrected chi connectivity index (χ2v) is 4.86. The second kappa shape index (κ2) is 5.26. The molecule has 1 heterocycles. The van der Waals surface area contributed by atoms with Crippen LogP contribution < -0.4 is 10.6 Å². The van der Waals surface area contributed by atoms with Crippen molar-refractivity contribution in [3.8, 4) is 0 Å². The predicted molar refractivity (Wildman–Crippen MR) is 77.3 cm³/mol. The van der Waals surface area contributed by atoms with E-state index in [0.717, 1.165) is 24.0 Å². The van der Waals surface area contributed by atoms with Gasteiger partial charge in [0.05, 0.1) is 0 Å². The van der Waals surface area contributed by atoms with Gasteiger partial charge in [-0.15, -0.1) is 0 Å². The summed E-state index contributed by atoms with van der Waals surface area (Å²) < 4.78 is 0. The summed E-state index contributed by atoms with van der Waals surface area (Å²) >= 11 is 0. The Morgan fingerprint density at radius 1 is 1.11 bits per heavy atom. The molecule has 1 aromatic heterocycles. The molecule has 1 aliphatic rings. The number of benzene rings is 1. The Morgan fingerprint density at radius 3 is 2.53 bits per heavy atom. The Kier molecular flexibility index (Phi) is 3.31. The van der Waals surface area contributed by atoms with Gasteiger partial charge in [0.1, 0.15) is 17.5 Å². The molecule has 0 amide bonds. The lowest BCUT2D eigenvalue weighted by Gasteiger charge is -2.09. The largest absolute Gasteiger partial charge is 0.373 e. The van der Waals surface area contributed by atoms with Crippen molar-refractivity contribution in [1.29, 1.82) is 0 Å². The molecule has 0 radical (unpaired) electrons. The fourth-order valence-corrected chi connectivity index (χ4v) is 2.00. The van der Waals surface area contributed by atoms with Crippen LogP contribution in [0, 0.1) is 0 Å². The molecule has 4 heteroatoms. The molecular formula is C15H18N4. The molecule has 2 aromatic rings. The van der Waals surface area contributed by atoms with Crippen LogP contribution in [0.5, 0.6) is 0 Å². The molecule has 4 nitrogen and oxygen atoms in total. The highest BCUT2D eigenvalue weighted by atomic mass is 15.1. The van der Waals surface area contributed by atoms with Crippen molar-refractivity contribution < 1.29 is 0 Å². The van der Waals surface area contributed by atoms with Gasteiger partial charge < -0.3 is 10.6 Å². The zero-order chi connectivity index (χ0) is 13.1. The number of nitrogens with one attached hydrogen (secondary N) is 2. The molecule has 19 heavy (non-hydrogen) atoms. The van der Waals surface area contributed by atoms with Gasteiger partial charge in [-0.05, 0) is 18.4 Å². The van der Waals surface area contributed by atoms with Crippen molar-refractivity contribution in [2.75, 3.05) is 17.7 Å². The molecule has 0 unspecified atom stereocenters. The lowest BCUT2D eigenvalue weighted by atomic mass is 10.2. The molecule has 0 saturated heterocycles. The Hall–Kier alpha value is -2.10. The van der Waals surface area contributed by atoms with Gasteiger partial charge in [-0.3, -0.25) is 0 Å². The van der Waals surface area contributed by atoms with Gasteiger partial charge in [-0.25, -0.2) is 9.97 Å². The summed E-state index contributed by atoms with van der Waals surface area (Å²) in [5.74, 6) is 3.30. The van der Waals surface area contributed by atoms with Crippen LogP contribution in [0.2, 0.25) is 0 Å². The van der Waals surface area contributed by atoms with Crippen molar-refractivity contribution in [3.05, 3.63) is 47.8 Å². The van der Waals surface area contributed by atoms with Crippen LogP contribution in [0.25, 0.3) is 0 Å². The maximum Gasteiger partial charge on any atom is 0.136 e. The van der Waals surface area contributed by atoms with E-state index < -0.39 is 0 Å². The normalized spacial score (nSPS) is 14.2. The van der Waals surface area contributed by atoms with Crippen LogP contribution in [0.3, 0.4) is 0 Å². The van der Waals surface area contributed by atoms with E-state index in [1.807, 2.05) is 31.3 Å². The average molecular weight is 254 g/mol. The first-order valence-electron chi connectivity index (χ1n) is 6.69. The number of rotatable bonds is 5. The van der Waals surface area contributed by atoms with Gasteiger partial charge in [-0.2, -0.15) is 0 Å². The highest BCUT2D eigenvalue weighted by Gasteiger charge is 2.27. The third-order valence-corrected chi connectivity index (χ3v) is 3.26. The number of nitrogens with zero attached hydrogens (tertiary/aromatic N) is 2. The van der Waals surface area contributed by atoms with E-state index in [0.29, 0.717) is 5.92 Å². The monoisotopic (exact) mass is 254 g/mol. The number of anilines is 2. The Bertz CT molecular complexity index is 549. The van der Waals surface area contributed by atoms with Gasteiger partial charge >= 0.3 is 0 Å². The van der Waals surface area contributed by atoms with Gasteiger partial charge in [-0.1, -0.05) is 30.3 Å². The van der Waals surface area contributed by atoms with E-state index in [-0.39, 0.29) is 0 Å². The van der Waals surface area contributed by atoms with E-state index >= 15 is 0 Å². The standard InChI is InChI=1S/C15H18N4/c1-16-13-9-14(19-15(18-13)12-7-8-12)17-10-11-5-3-2-4-6-11/h2-6,9,12H,7-8,10H2,1H3,(H2,16,17,18,19). The fraction of sp³-hybridized carbons (Fsp3) is 0.333. The van der Waals surface area contributed by atoms with Gasteiger partial charge in [0.15, 0.2) is 0 Å². The third-order valence-electron chi connectivity index (χ3n) is 3.26. The third kappa shape index (κ3) is 3.02. The minimum atomic E-state index is 0.561. The Balaban J connectivity index is 1.74. The smallest absolute Gasteiger partial charge is 0.136 e. The van der Waals surface area contributed by atoms with E-state index in [4.69, 9.17) is 0 Å². The maximum absolute atomic E-state index is 4.60. The summed E-state index contributed by atoms with van der Waals surface area (Å²) in [5, 5.41) is 6.47. The maximum atomic E-state index is 4.60. The first-order valence-corrected chi connectivity index (χ1v) is 6.69. The lowest BCUT2D eigenvalue weighted by Crippen LogP contribution is -2.06. The van der Waals surface area contributed by atoms with Crippen molar-refractivity contribution in [1.82, 2.24) is 9.97 Å². The predicted octanol–water partition coefficient (Wildman–Crippen LogP) is 3.01. The van der Waals surface area contributed by atoms with E-state index in [9.17, 15) is 0 Å². The number of aromatic nitrogens is 2. The summed E-state index contributed by atoms with van der Waals surface area (Å²) in [6, 6.07) is 12.3. The van der Waals surface area contributed by atoms with Gasteiger partial charge in [0.25, 0.3) is 0 Å². The minimum Gasteiger partial charge on any atom is -0.373 e. The molecule has 1 aliphatic carbocycles. The van der Waals surface area contributed by atoms with E-state index in [1.165, 1.54) is 18.4 Å². The minimum absolute atomic E-state index is 0.561. The van der Waals surface area contributed by atoms with Crippen LogP contribution in [-0.4, -0.2) is 17.0 Å². The topological polar surface area (TPSA) is 49.8 Å². The summed E-state index contributed by atoms with van der Waals surface area (Å²) in [7, 11) is 1.89. The highest BCUT2D eigenvalue weighted by molar-refractivity contribution is 5.48. The van der Waals surface area contributed by atoms with Gasteiger partial charge in [0.2, 0.25) is 0 Å². The molecule has 3 rings (SSSR count).